The molecule has 2 aliphatic carbocycles. The first-order chi connectivity index (χ1) is 4.97. The average molecular weight is 202 g/mol. The summed E-state index contributed by atoms with van der Waals surface area (Å²) in [6.45, 7) is -4.76. The van der Waals surface area contributed by atoms with Crippen molar-refractivity contribution in [1.29, 1.82) is 0 Å². The summed E-state index contributed by atoms with van der Waals surface area (Å²) in [7, 11) is 0. The molecule has 0 amide bonds. The zero-order chi connectivity index (χ0) is 8.28. The topological polar surface area (TPSA) is 17.1 Å². The van der Waals surface area contributed by atoms with Crippen LogP contribution in [-0.2, 0) is 4.79 Å². The fraction of sp³-hybridized carbons (Fsp3) is 0.833. The van der Waals surface area contributed by atoms with Gasteiger partial charge in [0.15, 0.2) is 0 Å². The monoisotopic (exact) mass is 202 g/mol. The van der Waals surface area contributed by atoms with E-state index in [4.69, 9.17) is 0 Å². The smallest absolute Gasteiger partial charge is 0.449 e. The van der Waals surface area contributed by atoms with Gasteiger partial charge in [-0.1, -0.05) is 5.82 Å². The molecule has 2 rings (SSSR count). The van der Waals surface area contributed by atoms with Gasteiger partial charge >= 0.3 is 58.4 Å². The quantitative estimate of drug-likeness (QED) is 0.496. The van der Waals surface area contributed by atoms with Gasteiger partial charge in [0.1, 0.15) is 5.78 Å². The molecule has 0 N–H and O–H groups in total. The van der Waals surface area contributed by atoms with Gasteiger partial charge in [-0.3, -0.25) is 4.79 Å². The Morgan fingerprint density at radius 3 is 2.00 bits per heavy atom. The molecule has 2 fully saturated rings. The molecule has 1 atom stereocenters. The summed E-state index contributed by atoms with van der Waals surface area (Å²) in [5.74, 6) is -1.42. The van der Waals surface area contributed by atoms with E-state index >= 15 is 0 Å². The van der Waals surface area contributed by atoms with Crippen molar-refractivity contribution in [3.8, 4) is 0 Å². The number of hydrogen-bond acceptors (Lipinski definition) is 1. The van der Waals surface area contributed by atoms with Crippen molar-refractivity contribution in [2.45, 2.75) is 25.1 Å². The fourth-order valence-electron chi connectivity index (χ4n) is 1.95. The molecule has 2 aliphatic rings. The largest absolute Gasteiger partial charge is 1.00 e. The van der Waals surface area contributed by atoms with E-state index in [0.717, 1.165) is 0 Å². The van der Waals surface area contributed by atoms with Crippen LogP contribution < -0.4 is 51.4 Å². The van der Waals surface area contributed by atoms with E-state index in [-0.39, 0.29) is 63.6 Å². The molecule has 0 aromatic rings. The Morgan fingerprint density at radius 1 is 1.33 bits per heavy atom. The van der Waals surface area contributed by atoms with Gasteiger partial charge in [-0.25, -0.2) is 0 Å². The predicted molar refractivity (Wildman–Crippen MR) is 34.1 cm³/mol. The van der Waals surface area contributed by atoms with Crippen LogP contribution in [0.25, 0.3) is 0 Å². The van der Waals surface area contributed by atoms with Crippen molar-refractivity contribution in [3.63, 3.8) is 0 Å². The maximum atomic E-state index is 12.1. The summed E-state index contributed by atoms with van der Waals surface area (Å²) < 4.78 is 36.4. The first-order valence-corrected chi connectivity index (χ1v) is 3.70. The van der Waals surface area contributed by atoms with Crippen molar-refractivity contribution >= 4 is 12.8 Å². The second-order valence-electron chi connectivity index (χ2n) is 3.52. The molecule has 0 aromatic heterocycles. The average Bonchev–Trinajstić information content (AvgIpc) is 2.59. The van der Waals surface area contributed by atoms with Crippen molar-refractivity contribution < 1.29 is 69.1 Å². The fourth-order valence-corrected chi connectivity index (χ4v) is 1.95. The summed E-state index contributed by atoms with van der Waals surface area (Å²) in [6.07, 6.45) is 0.693. The Kier molecular flexibility index (Phi) is 2.89. The van der Waals surface area contributed by atoms with E-state index in [9.17, 15) is 17.7 Å². The minimum Gasteiger partial charge on any atom is -0.449 e. The van der Waals surface area contributed by atoms with Crippen molar-refractivity contribution in [2.75, 3.05) is 0 Å². The molecule has 0 heterocycles. The van der Waals surface area contributed by atoms with Gasteiger partial charge in [-0.05, 0) is 19.3 Å². The summed E-state index contributed by atoms with van der Waals surface area (Å²) in [5.41, 5.74) is -0.905. The SMILES string of the molecule is O=C1CC([B-](F)(F)F)C12CC2.[K+]. The number of halogens is 3. The number of hydrogen-bond donors (Lipinski definition) is 0. The van der Waals surface area contributed by atoms with Crippen LogP contribution in [-0.4, -0.2) is 12.8 Å². The Balaban J connectivity index is 0.000000720. The number of Topliss-reactive ketones (excluding diaryl/α,β-unsaturated/α-hetero) is 1. The predicted octanol–water partition coefficient (Wildman–Crippen LogP) is -1.04. The summed E-state index contributed by atoms with van der Waals surface area (Å²) in [4.78, 5) is 10.8. The molecule has 12 heavy (non-hydrogen) atoms. The third kappa shape index (κ3) is 1.45. The van der Waals surface area contributed by atoms with Gasteiger partial charge < -0.3 is 12.9 Å². The van der Waals surface area contributed by atoms with Crippen LogP contribution in [0.3, 0.4) is 0 Å². The molecule has 0 aromatic carbocycles. The number of ketones is 1. The molecule has 1 nitrogen and oxygen atoms in total. The maximum absolute atomic E-state index is 12.1. The number of carbonyl (C=O) groups excluding carboxylic acids is 1. The molecule has 0 radical (unpaired) electrons. The molecule has 6 heteroatoms. The third-order valence-corrected chi connectivity index (χ3v) is 2.92. The Morgan fingerprint density at radius 2 is 1.83 bits per heavy atom. The zero-order valence-corrected chi connectivity index (χ0v) is 9.94. The molecule has 2 saturated carbocycles. The summed E-state index contributed by atoms with van der Waals surface area (Å²) >= 11 is 0. The molecular formula is C6H7BF3KO. The minimum atomic E-state index is -4.76. The van der Waals surface area contributed by atoms with E-state index < -0.39 is 18.2 Å². The molecule has 62 valence electrons. The number of rotatable bonds is 1. The second kappa shape index (κ2) is 3.08. The van der Waals surface area contributed by atoms with Crippen LogP contribution in [0.1, 0.15) is 19.3 Å². The molecular weight excluding hydrogens is 195 g/mol. The third-order valence-electron chi connectivity index (χ3n) is 2.92. The molecule has 1 spiro atoms. The van der Waals surface area contributed by atoms with Crippen molar-refractivity contribution in [1.82, 2.24) is 0 Å². The van der Waals surface area contributed by atoms with E-state index in [1.807, 2.05) is 0 Å². The Hall–Kier alpha value is 1.16. The first-order valence-electron chi connectivity index (χ1n) is 3.70. The van der Waals surface area contributed by atoms with Gasteiger partial charge in [-0.15, -0.1) is 0 Å². The van der Waals surface area contributed by atoms with Crippen LogP contribution >= 0.6 is 0 Å². The summed E-state index contributed by atoms with van der Waals surface area (Å²) in [6, 6.07) is 0. The normalized spacial score (nSPS) is 30.9. The molecule has 0 saturated heterocycles. The molecule has 0 bridgehead atoms. The minimum absolute atomic E-state index is 0. The van der Waals surface area contributed by atoms with E-state index in [2.05, 4.69) is 0 Å². The van der Waals surface area contributed by atoms with Gasteiger partial charge in [0.05, 0.1) is 0 Å². The maximum Gasteiger partial charge on any atom is 1.00 e. The Bertz CT molecular complexity index is 223. The first kappa shape index (κ1) is 11.2. The Labute approximate surface area is 111 Å². The van der Waals surface area contributed by atoms with Crippen LogP contribution in [0.15, 0.2) is 0 Å². The van der Waals surface area contributed by atoms with E-state index in [0.29, 0.717) is 12.8 Å². The van der Waals surface area contributed by atoms with Gasteiger partial charge in [0, 0.05) is 5.41 Å². The standard InChI is InChI=1S/C6H7BF3O.K/c8-7(9,10)4-3-5(11)6(4)1-2-6;/h4H,1-3H2;/q-1;+1. The molecule has 1 unspecified atom stereocenters. The summed E-state index contributed by atoms with van der Waals surface area (Å²) in [5, 5.41) is 0. The molecule has 0 aliphatic heterocycles. The van der Waals surface area contributed by atoms with Crippen LogP contribution in [0.4, 0.5) is 12.9 Å². The zero-order valence-electron chi connectivity index (χ0n) is 6.82. The van der Waals surface area contributed by atoms with Gasteiger partial charge in [0.25, 0.3) is 0 Å². The van der Waals surface area contributed by atoms with Crippen molar-refractivity contribution in [3.05, 3.63) is 0 Å². The van der Waals surface area contributed by atoms with E-state index in [1.54, 1.807) is 0 Å². The van der Waals surface area contributed by atoms with Gasteiger partial charge in [0.2, 0.25) is 0 Å². The second-order valence-corrected chi connectivity index (χ2v) is 3.52. The van der Waals surface area contributed by atoms with Crippen molar-refractivity contribution in [2.24, 2.45) is 5.41 Å². The van der Waals surface area contributed by atoms with Crippen LogP contribution in [0, 0.1) is 5.41 Å². The number of carbonyl (C=O) groups is 1. The van der Waals surface area contributed by atoms with Gasteiger partial charge in [-0.2, -0.15) is 0 Å². The van der Waals surface area contributed by atoms with Crippen LogP contribution in [0.2, 0.25) is 5.82 Å². The van der Waals surface area contributed by atoms with E-state index in [1.165, 1.54) is 0 Å². The van der Waals surface area contributed by atoms with Crippen LogP contribution in [0.5, 0.6) is 0 Å².